The van der Waals surface area contributed by atoms with Gasteiger partial charge in [0.1, 0.15) is 0 Å². The standard InChI is InChI=1S/C21H32N2O2/c1-4-16-15(14-22-18(16)5-2)10-11-20(24)23-13-12-21(3,25)17-8-6-7-9-19(17)23/h4-5,14,17,19,22,25H,6-13H2,1-3H3. The van der Waals surface area contributed by atoms with Gasteiger partial charge in [-0.25, -0.2) is 0 Å². The van der Waals surface area contributed by atoms with E-state index in [9.17, 15) is 9.90 Å². The highest BCUT2D eigenvalue weighted by Gasteiger charge is 2.46. The Hall–Kier alpha value is -1.55. The van der Waals surface area contributed by atoms with E-state index < -0.39 is 5.60 Å². The number of H-pyrrole nitrogens is 1. The van der Waals surface area contributed by atoms with Crippen molar-refractivity contribution in [3.05, 3.63) is 22.3 Å². The van der Waals surface area contributed by atoms with Gasteiger partial charge in [0.25, 0.3) is 0 Å². The number of likely N-dealkylation sites (tertiary alicyclic amines) is 1. The molecule has 1 saturated heterocycles. The van der Waals surface area contributed by atoms with Gasteiger partial charge >= 0.3 is 0 Å². The van der Waals surface area contributed by atoms with E-state index in [2.05, 4.69) is 22.0 Å². The Balaban J connectivity index is 1.70. The molecule has 1 amide bonds. The molecule has 3 rings (SSSR count). The van der Waals surface area contributed by atoms with Gasteiger partial charge in [-0.2, -0.15) is 0 Å². The molecule has 4 heteroatoms. The molecule has 2 aliphatic rings. The summed E-state index contributed by atoms with van der Waals surface area (Å²) in [5.74, 6) is 0.490. The molecule has 0 bridgehead atoms. The molecule has 3 atom stereocenters. The lowest BCUT2D eigenvalue weighted by Gasteiger charge is -2.51. The first-order valence-corrected chi connectivity index (χ1v) is 9.78. The fraction of sp³-hybridized carbons (Fsp3) is 0.667. The Morgan fingerprint density at radius 1 is 1.36 bits per heavy atom. The maximum Gasteiger partial charge on any atom is 0.223 e. The largest absolute Gasteiger partial charge is 0.390 e. The monoisotopic (exact) mass is 344 g/mol. The van der Waals surface area contributed by atoms with E-state index in [1.165, 1.54) is 23.6 Å². The maximum absolute atomic E-state index is 12.9. The number of nitrogens with zero attached hydrogens (tertiary/aromatic N) is 1. The molecule has 1 aliphatic carbocycles. The topological polar surface area (TPSA) is 56.3 Å². The van der Waals surface area contributed by atoms with E-state index in [1.807, 2.05) is 27.0 Å². The van der Waals surface area contributed by atoms with Crippen molar-refractivity contribution in [1.29, 1.82) is 0 Å². The number of nitrogens with one attached hydrogen (secondary N) is 1. The molecule has 0 radical (unpaired) electrons. The van der Waals surface area contributed by atoms with Crippen molar-refractivity contribution >= 4 is 18.1 Å². The van der Waals surface area contributed by atoms with Gasteiger partial charge in [-0.05, 0) is 57.2 Å². The van der Waals surface area contributed by atoms with Gasteiger partial charge in [0.15, 0.2) is 0 Å². The van der Waals surface area contributed by atoms with Crippen LogP contribution in [0.1, 0.15) is 64.9 Å². The van der Waals surface area contributed by atoms with Crippen molar-refractivity contribution < 1.29 is 9.90 Å². The Morgan fingerprint density at radius 2 is 2.12 bits per heavy atom. The Morgan fingerprint density at radius 3 is 2.84 bits per heavy atom. The first-order valence-electron chi connectivity index (χ1n) is 9.78. The molecule has 1 saturated carbocycles. The SMILES string of the molecule is CC=c1[nH]cc(CCC(=O)N2CCC(C)(O)C3CCCCC32)c1=CC. The molecule has 25 heavy (non-hydrogen) atoms. The Labute approximate surface area is 150 Å². The van der Waals surface area contributed by atoms with Crippen LogP contribution in [0.2, 0.25) is 0 Å². The third-order valence-electron chi connectivity index (χ3n) is 6.33. The van der Waals surface area contributed by atoms with Gasteiger partial charge in [0, 0.05) is 36.5 Å². The smallest absolute Gasteiger partial charge is 0.223 e. The predicted molar refractivity (Wildman–Crippen MR) is 101 cm³/mol. The maximum atomic E-state index is 12.9. The molecule has 1 aromatic heterocycles. The summed E-state index contributed by atoms with van der Waals surface area (Å²) in [7, 11) is 0. The summed E-state index contributed by atoms with van der Waals surface area (Å²) in [4.78, 5) is 18.3. The van der Waals surface area contributed by atoms with Gasteiger partial charge in [0.2, 0.25) is 5.91 Å². The summed E-state index contributed by atoms with van der Waals surface area (Å²) >= 11 is 0. The number of hydrogen-bond donors (Lipinski definition) is 2. The minimum Gasteiger partial charge on any atom is -0.390 e. The van der Waals surface area contributed by atoms with Crippen molar-refractivity contribution in [2.75, 3.05) is 6.54 Å². The van der Waals surface area contributed by atoms with Crippen LogP contribution in [0, 0.1) is 5.92 Å². The van der Waals surface area contributed by atoms with Gasteiger partial charge in [0.05, 0.1) is 5.60 Å². The molecule has 0 spiro atoms. The van der Waals surface area contributed by atoms with Gasteiger partial charge < -0.3 is 15.0 Å². The van der Waals surface area contributed by atoms with Crippen LogP contribution in [0.3, 0.4) is 0 Å². The molecule has 2 N–H and O–H groups in total. The summed E-state index contributed by atoms with van der Waals surface area (Å²) < 4.78 is 0. The van der Waals surface area contributed by atoms with Crippen molar-refractivity contribution in [3.63, 3.8) is 0 Å². The molecule has 1 aliphatic heterocycles. The van der Waals surface area contributed by atoms with Crippen LogP contribution in [0.15, 0.2) is 6.20 Å². The number of piperidine rings is 1. The fourth-order valence-electron chi connectivity index (χ4n) is 4.88. The third kappa shape index (κ3) is 3.55. The molecule has 0 aromatic carbocycles. The van der Waals surface area contributed by atoms with E-state index in [0.717, 1.165) is 24.6 Å². The van der Waals surface area contributed by atoms with Crippen LogP contribution in [-0.4, -0.2) is 39.1 Å². The number of aromatic amines is 1. The van der Waals surface area contributed by atoms with E-state index in [-0.39, 0.29) is 17.9 Å². The molecule has 2 heterocycles. The summed E-state index contributed by atoms with van der Waals surface area (Å²) in [5.41, 5.74) is 0.603. The van der Waals surface area contributed by atoms with Crippen LogP contribution in [0.25, 0.3) is 12.2 Å². The highest BCUT2D eigenvalue weighted by molar-refractivity contribution is 5.77. The molecular formula is C21H32N2O2. The molecular weight excluding hydrogens is 312 g/mol. The first kappa shape index (κ1) is 18.2. The Kier molecular flexibility index (Phi) is 5.38. The number of rotatable bonds is 3. The number of hydrogen-bond acceptors (Lipinski definition) is 2. The van der Waals surface area contributed by atoms with Crippen molar-refractivity contribution in [2.24, 2.45) is 5.92 Å². The van der Waals surface area contributed by atoms with E-state index >= 15 is 0 Å². The zero-order valence-corrected chi connectivity index (χ0v) is 15.8. The van der Waals surface area contributed by atoms with E-state index in [0.29, 0.717) is 19.4 Å². The average molecular weight is 344 g/mol. The summed E-state index contributed by atoms with van der Waals surface area (Å²) in [6, 6.07) is 0.230. The van der Waals surface area contributed by atoms with Gasteiger partial charge in [-0.3, -0.25) is 4.79 Å². The van der Waals surface area contributed by atoms with Crippen molar-refractivity contribution in [1.82, 2.24) is 9.88 Å². The quantitative estimate of drug-likeness (QED) is 0.882. The lowest BCUT2D eigenvalue weighted by Crippen LogP contribution is -2.59. The minimum atomic E-state index is -0.612. The number of fused-ring (bicyclic) bond motifs is 1. The second-order valence-electron chi connectivity index (χ2n) is 7.87. The van der Waals surface area contributed by atoms with Crippen molar-refractivity contribution in [3.8, 4) is 0 Å². The van der Waals surface area contributed by atoms with Crippen molar-refractivity contribution in [2.45, 2.75) is 77.4 Å². The third-order valence-corrected chi connectivity index (χ3v) is 6.33. The van der Waals surface area contributed by atoms with Crippen LogP contribution < -0.4 is 10.6 Å². The van der Waals surface area contributed by atoms with E-state index in [1.54, 1.807) is 0 Å². The highest BCUT2D eigenvalue weighted by Crippen LogP contribution is 2.41. The fourth-order valence-corrected chi connectivity index (χ4v) is 4.88. The lowest BCUT2D eigenvalue weighted by molar-refractivity contribution is -0.150. The molecule has 4 nitrogen and oxygen atoms in total. The summed E-state index contributed by atoms with van der Waals surface area (Å²) in [6.45, 7) is 6.72. The first-order chi connectivity index (χ1) is 12.0. The number of amides is 1. The number of carbonyl (C=O) groups is 1. The average Bonchev–Trinajstić information content (AvgIpc) is 3.02. The van der Waals surface area contributed by atoms with E-state index in [4.69, 9.17) is 0 Å². The molecule has 1 aromatic rings. The second kappa shape index (κ2) is 7.36. The van der Waals surface area contributed by atoms with Gasteiger partial charge in [-0.1, -0.05) is 25.0 Å². The Bertz CT molecular complexity index is 732. The zero-order valence-electron chi connectivity index (χ0n) is 15.8. The summed E-state index contributed by atoms with van der Waals surface area (Å²) in [6.07, 6.45) is 12.7. The zero-order chi connectivity index (χ0) is 18.0. The predicted octanol–water partition coefficient (Wildman–Crippen LogP) is 2.09. The normalized spacial score (nSPS) is 31.3. The number of aliphatic hydroxyl groups is 1. The number of aryl methyl sites for hydroxylation is 1. The number of carbonyl (C=O) groups excluding carboxylic acids is 1. The molecule has 3 unspecified atom stereocenters. The van der Waals surface area contributed by atoms with Gasteiger partial charge in [-0.15, -0.1) is 0 Å². The van der Waals surface area contributed by atoms with Crippen LogP contribution in [0.4, 0.5) is 0 Å². The second-order valence-corrected chi connectivity index (χ2v) is 7.87. The van der Waals surface area contributed by atoms with Crippen LogP contribution in [0.5, 0.6) is 0 Å². The highest BCUT2D eigenvalue weighted by atomic mass is 16.3. The molecule has 2 fully saturated rings. The molecule has 138 valence electrons. The lowest BCUT2D eigenvalue weighted by atomic mass is 9.70. The number of aromatic nitrogens is 1. The summed E-state index contributed by atoms with van der Waals surface area (Å²) in [5, 5.41) is 13.1. The van der Waals surface area contributed by atoms with Crippen LogP contribution >= 0.6 is 0 Å². The minimum absolute atomic E-state index is 0.230. The van der Waals surface area contributed by atoms with Crippen LogP contribution in [-0.2, 0) is 11.2 Å².